The van der Waals surface area contributed by atoms with E-state index < -0.39 is 0 Å². The van der Waals surface area contributed by atoms with Crippen LogP contribution in [0.15, 0.2) is 24.3 Å². The molecule has 2 rings (SSSR count). The first kappa shape index (κ1) is 8.66. The van der Waals surface area contributed by atoms with Crippen LogP contribution in [0.5, 0.6) is 0 Å². The van der Waals surface area contributed by atoms with Crippen LogP contribution < -0.4 is 5.32 Å². The quantitative estimate of drug-likeness (QED) is 0.682. The number of nitrogens with one attached hydrogen (secondary N) is 1. The maximum atomic E-state index is 12.8. The van der Waals surface area contributed by atoms with Gasteiger partial charge >= 0.3 is 0 Å². The van der Waals surface area contributed by atoms with E-state index in [2.05, 4.69) is 5.32 Å². The summed E-state index contributed by atoms with van der Waals surface area (Å²) >= 11 is 0. The van der Waals surface area contributed by atoms with E-state index in [9.17, 15) is 9.50 Å². The van der Waals surface area contributed by atoms with Crippen LogP contribution in [0.25, 0.3) is 0 Å². The van der Waals surface area contributed by atoms with Crippen molar-refractivity contribution in [2.45, 2.75) is 18.6 Å². The van der Waals surface area contributed by atoms with Gasteiger partial charge in [-0.05, 0) is 24.1 Å². The fourth-order valence-corrected chi connectivity index (χ4v) is 1.69. The van der Waals surface area contributed by atoms with E-state index in [1.807, 2.05) is 6.07 Å². The fraction of sp³-hybridized carbons (Fsp3) is 0.400. The monoisotopic (exact) mass is 181 g/mol. The summed E-state index contributed by atoms with van der Waals surface area (Å²) in [6.45, 7) is 0.598. The molecule has 0 unspecified atom stereocenters. The molecule has 0 bridgehead atoms. The molecule has 3 heteroatoms. The van der Waals surface area contributed by atoms with Crippen molar-refractivity contribution in [1.82, 2.24) is 5.32 Å². The van der Waals surface area contributed by atoms with Crippen molar-refractivity contribution >= 4 is 0 Å². The lowest BCUT2D eigenvalue weighted by Gasteiger charge is -2.09. The Kier molecular flexibility index (Phi) is 2.29. The van der Waals surface area contributed by atoms with Gasteiger partial charge in [0.1, 0.15) is 5.82 Å². The minimum atomic E-state index is -0.298. The van der Waals surface area contributed by atoms with E-state index in [4.69, 9.17) is 0 Å². The summed E-state index contributed by atoms with van der Waals surface area (Å²) < 4.78 is 12.8. The molecule has 0 aliphatic carbocycles. The average molecular weight is 181 g/mol. The normalized spacial score (nSPS) is 27.8. The van der Waals surface area contributed by atoms with Gasteiger partial charge in [-0.3, -0.25) is 0 Å². The number of aliphatic hydroxyl groups is 1. The Labute approximate surface area is 76.4 Å². The van der Waals surface area contributed by atoms with E-state index in [1.165, 1.54) is 12.1 Å². The van der Waals surface area contributed by atoms with Crippen molar-refractivity contribution in [3.05, 3.63) is 35.6 Å². The lowest BCUT2D eigenvalue weighted by molar-refractivity contribution is 0.193. The molecule has 0 radical (unpaired) electrons. The van der Waals surface area contributed by atoms with Gasteiger partial charge in [0.05, 0.1) is 6.10 Å². The molecule has 1 aromatic carbocycles. The maximum absolute atomic E-state index is 12.8. The summed E-state index contributed by atoms with van der Waals surface area (Å²) in [5.74, 6) is -0.222. The van der Waals surface area contributed by atoms with Gasteiger partial charge in [-0.25, -0.2) is 4.39 Å². The van der Waals surface area contributed by atoms with Gasteiger partial charge in [0, 0.05) is 12.6 Å². The third-order valence-electron chi connectivity index (χ3n) is 2.36. The molecular weight excluding hydrogens is 169 g/mol. The van der Waals surface area contributed by atoms with E-state index in [-0.39, 0.29) is 18.0 Å². The predicted octanol–water partition coefficient (Wildman–Crippen LogP) is 1.22. The Hall–Kier alpha value is -0.930. The highest BCUT2D eigenvalue weighted by atomic mass is 19.1. The molecule has 1 heterocycles. The fourth-order valence-electron chi connectivity index (χ4n) is 1.69. The van der Waals surface area contributed by atoms with E-state index in [0.717, 1.165) is 5.56 Å². The van der Waals surface area contributed by atoms with Gasteiger partial charge in [0.15, 0.2) is 0 Å². The lowest BCUT2D eigenvalue weighted by atomic mass is 10.0. The highest BCUT2D eigenvalue weighted by Crippen LogP contribution is 2.23. The van der Waals surface area contributed by atoms with Gasteiger partial charge in [-0.15, -0.1) is 0 Å². The number of hydrogen-bond acceptors (Lipinski definition) is 2. The maximum Gasteiger partial charge on any atom is 0.123 e. The van der Waals surface area contributed by atoms with Crippen LogP contribution in [-0.4, -0.2) is 17.8 Å². The van der Waals surface area contributed by atoms with Crippen LogP contribution in [0.2, 0.25) is 0 Å². The summed E-state index contributed by atoms with van der Waals surface area (Å²) in [6.07, 6.45) is 0.372. The molecule has 0 saturated carbocycles. The Bertz CT molecular complexity index is 303. The van der Waals surface area contributed by atoms with Crippen molar-refractivity contribution < 1.29 is 9.50 Å². The van der Waals surface area contributed by atoms with Crippen LogP contribution in [0.1, 0.15) is 18.0 Å². The van der Waals surface area contributed by atoms with Crippen LogP contribution in [0.4, 0.5) is 4.39 Å². The average Bonchev–Trinajstić information content (AvgIpc) is 2.52. The molecule has 0 spiro atoms. The van der Waals surface area contributed by atoms with Crippen LogP contribution in [0, 0.1) is 5.82 Å². The van der Waals surface area contributed by atoms with Gasteiger partial charge in [0.2, 0.25) is 0 Å². The second-order valence-corrected chi connectivity index (χ2v) is 3.41. The number of aliphatic hydroxyl groups excluding tert-OH is 1. The smallest absolute Gasteiger partial charge is 0.123 e. The van der Waals surface area contributed by atoms with Crippen molar-refractivity contribution in [2.75, 3.05) is 6.54 Å². The van der Waals surface area contributed by atoms with Gasteiger partial charge in [0.25, 0.3) is 0 Å². The molecule has 1 aliphatic heterocycles. The highest BCUT2D eigenvalue weighted by Gasteiger charge is 2.23. The summed E-state index contributed by atoms with van der Waals surface area (Å²) in [5.41, 5.74) is 0.913. The van der Waals surface area contributed by atoms with E-state index in [1.54, 1.807) is 6.07 Å². The van der Waals surface area contributed by atoms with Crippen molar-refractivity contribution in [3.8, 4) is 0 Å². The van der Waals surface area contributed by atoms with Gasteiger partial charge in [-0.1, -0.05) is 12.1 Å². The molecular formula is C10H12FNO. The van der Waals surface area contributed by atoms with Crippen LogP contribution >= 0.6 is 0 Å². The second kappa shape index (κ2) is 3.44. The first-order valence-corrected chi connectivity index (χ1v) is 4.42. The molecule has 2 atom stereocenters. The second-order valence-electron chi connectivity index (χ2n) is 3.41. The Morgan fingerprint density at radius 2 is 2.31 bits per heavy atom. The largest absolute Gasteiger partial charge is 0.392 e. The van der Waals surface area contributed by atoms with Crippen molar-refractivity contribution in [3.63, 3.8) is 0 Å². The molecule has 0 amide bonds. The molecule has 2 nitrogen and oxygen atoms in total. The number of halogens is 1. The van der Waals surface area contributed by atoms with Crippen molar-refractivity contribution in [2.24, 2.45) is 0 Å². The number of rotatable bonds is 1. The molecule has 1 saturated heterocycles. The zero-order chi connectivity index (χ0) is 9.26. The highest BCUT2D eigenvalue weighted by molar-refractivity contribution is 5.21. The number of benzene rings is 1. The van der Waals surface area contributed by atoms with E-state index in [0.29, 0.717) is 13.0 Å². The number of hydrogen-bond donors (Lipinski definition) is 2. The standard InChI is InChI=1S/C10H12FNO/c11-8-3-1-2-7(4-8)10-5-9(13)6-12-10/h1-4,9-10,12-13H,5-6H2/t9-,10+/m1/s1. The molecule has 2 N–H and O–H groups in total. The third kappa shape index (κ3) is 1.87. The lowest BCUT2D eigenvalue weighted by Crippen LogP contribution is -2.14. The third-order valence-corrected chi connectivity index (χ3v) is 2.36. The summed E-state index contributed by atoms with van der Waals surface area (Å²) in [4.78, 5) is 0. The van der Waals surface area contributed by atoms with Gasteiger partial charge in [-0.2, -0.15) is 0 Å². The predicted molar refractivity (Wildman–Crippen MR) is 47.8 cm³/mol. The van der Waals surface area contributed by atoms with Crippen LogP contribution in [0.3, 0.4) is 0 Å². The van der Waals surface area contributed by atoms with Crippen molar-refractivity contribution in [1.29, 1.82) is 0 Å². The Balaban J connectivity index is 2.16. The summed E-state index contributed by atoms with van der Waals surface area (Å²) in [6, 6.07) is 6.60. The first-order valence-electron chi connectivity index (χ1n) is 4.42. The topological polar surface area (TPSA) is 32.3 Å². The summed E-state index contributed by atoms with van der Waals surface area (Å²) in [7, 11) is 0. The SMILES string of the molecule is O[C@H]1CN[C@H](c2cccc(F)c2)C1. The molecule has 1 aromatic rings. The zero-order valence-electron chi connectivity index (χ0n) is 7.20. The van der Waals surface area contributed by atoms with Gasteiger partial charge < -0.3 is 10.4 Å². The molecule has 0 aromatic heterocycles. The van der Waals surface area contributed by atoms with E-state index >= 15 is 0 Å². The zero-order valence-corrected chi connectivity index (χ0v) is 7.20. The minimum absolute atomic E-state index is 0.102. The molecule has 70 valence electrons. The molecule has 1 aliphatic rings. The Morgan fingerprint density at radius 3 is 2.92 bits per heavy atom. The van der Waals surface area contributed by atoms with Crippen LogP contribution in [-0.2, 0) is 0 Å². The number of β-amino-alcohol motifs (C(OH)–C–C–N with tert-alkyl or cyclic N) is 1. The molecule has 13 heavy (non-hydrogen) atoms. The molecule has 1 fully saturated rings. The minimum Gasteiger partial charge on any atom is -0.392 e. The first-order chi connectivity index (χ1) is 6.25. The Morgan fingerprint density at radius 1 is 1.46 bits per heavy atom. The summed E-state index contributed by atoms with van der Waals surface area (Å²) in [5, 5.41) is 12.4.